The maximum atomic E-state index is 13.5. The molecule has 5 aliphatic rings. The average Bonchev–Trinajstić information content (AvgIpc) is 3.92. The maximum absolute atomic E-state index is 13.5. The lowest BCUT2D eigenvalue weighted by atomic mass is 9.67. The minimum absolute atomic E-state index is 0.0347. The molecule has 0 saturated carbocycles. The number of benzene rings is 2. The van der Waals surface area contributed by atoms with Crippen LogP contribution in [-0.4, -0.2) is 100 Å². The second-order valence-electron chi connectivity index (χ2n) is 16.8. The molecule has 7 rings (SSSR count). The SMILES string of the molecule is CCCCC/C=C\C/C=C\CCCCCCCCOC(=O)Oc1c(OC)cc([C@@H]2c3cc4c(c(O[C@@H]5O[C@@H]6CO[C@@H](C)OC6[C@H](O)[C@H]5O)c3C[C@H]3COC(=O)C32)OCO4)cc1OC. The molecule has 15 heteroatoms. The lowest BCUT2D eigenvalue weighted by Gasteiger charge is -2.45. The van der Waals surface area contributed by atoms with Gasteiger partial charge in [0.2, 0.25) is 24.6 Å². The molecular weight excluding hydrogens is 817 g/mol. The van der Waals surface area contributed by atoms with E-state index in [0.29, 0.717) is 41.0 Å². The van der Waals surface area contributed by atoms with Crippen LogP contribution in [0.1, 0.15) is 114 Å². The Balaban J connectivity index is 0.992. The number of carbonyl (C=O) groups is 2. The Labute approximate surface area is 369 Å². The van der Waals surface area contributed by atoms with Gasteiger partial charge >= 0.3 is 12.1 Å². The number of rotatable bonds is 21. The number of carbonyl (C=O) groups excluding carboxylic acids is 2. The summed E-state index contributed by atoms with van der Waals surface area (Å²) in [6.45, 7) is 4.35. The molecule has 0 bridgehead atoms. The molecule has 2 aromatic carbocycles. The van der Waals surface area contributed by atoms with Crippen molar-refractivity contribution in [3.8, 4) is 34.5 Å². The predicted molar refractivity (Wildman–Crippen MR) is 229 cm³/mol. The summed E-state index contributed by atoms with van der Waals surface area (Å²) in [5.74, 6) is -0.537. The molecule has 4 heterocycles. The van der Waals surface area contributed by atoms with Gasteiger partial charge in [-0.15, -0.1) is 0 Å². The van der Waals surface area contributed by atoms with E-state index in [1.165, 1.54) is 52.7 Å². The van der Waals surface area contributed by atoms with Crippen molar-refractivity contribution < 1.29 is 71.9 Å². The molecule has 9 atom stereocenters. The van der Waals surface area contributed by atoms with E-state index in [2.05, 4.69) is 31.2 Å². The van der Waals surface area contributed by atoms with Crippen molar-refractivity contribution in [2.45, 2.75) is 140 Å². The van der Waals surface area contributed by atoms with Crippen molar-refractivity contribution in [2.24, 2.45) is 11.8 Å². The summed E-state index contributed by atoms with van der Waals surface area (Å²) in [6, 6.07) is 5.23. The van der Waals surface area contributed by atoms with Crippen LogP contribution in [0, 0.1) is 11.8 Å². The zero-order valence-corrected chi connectivity index (χ0v) is 37.0. The second kappa shape index (κ2) is 22.4. The molecule has 1 aliphatic carbocycles. The molecule has 15 nitrogen and oxygen atoms in total. The van der Waals surface area contributed by atoms with Gasteiger partial charge < -0.3 is 62.3 Å². The van der Waals surface area contributed by atoms with Crippen LogP contribution in [0.15, 0.2) is 42.5 Å². The summed E-state index contributed by atoms with van der Waals surface area (Å²) < 4.78 is 64.0. The molecular formula is C48H64O15. The third kappa shape index (κ3) is 11.1. The second-order valence-corrected chi connectivity index (χ2v) is 16.8. The fourth-order valence-electron chi connectivity index (χ4n) is 9.15. The first kappa shape index (κ1) is 46.5. The third-order valence-corrected chi connectivity index (χ3v) is 12.4. The Kier molecular flexibility index (Phi) is 16.5. The van der Waals surface area contributed by atoms with Gasteiger partial charge in [0.05, 0.1) is 40.0 Å². The molecule has 3 saturated heterocycles. The number of hydrogen-bond acceptors (Lipinski definition) is 15. The largest absolute Gasteiger partial charge is 0.514 e. The zero-order valence-electron chi connectivity index (χ0n) is 37.0. The van der Waals surface area contributed by atoms with E-state index < -0.39 is 55.0 Å². The first-order valence-electron chi connectivity index (χ1n) is 22.7. The van der Waals surface area contributed by atoms with Crippen LogP contribution < -0.4 is 28.4 Å². The summed E-state index contributed by atoms with van der Waals surface area (Å²) in [4.78, 5) is 26.5. The van der Waals surface area contributed by atoms with E-state index in [-0.39, 0.29) is 61.5 Å². The molecule has 0 amide bonds. The van der Waals surface area contributed by atoms with Crippen molar-refractivity contribution in [1.82, 2.24) is 0 Å². The highest BCUT2D eigenvalue weighted by Crippen LogP contribution is 2.56. The van der Waals surface area contributed by atoms with E-state index in [4.69, 9.17) is 52.1 Å². The van der Waals surface area contributed by atoms with Crippen LogP contribution in [0.5, 0.6) is 34.5 Å². The minimum atomic E-state index is -1.48. The van der Waals surface area contributed by atoms with Gasteiger partial charge in [0, 0.05) is 17.4 Å². The van der Waals surface area contributed by atoms with E-state index in [1.54, 1.807) is 19.1 Å². The summed E-state index contributed by atoms with van der Waals surface area (Å²) in [6.07, 6.45) is 15.6. The standard InChI is InChI=1S/C48H64O15/c1-5-6-7-8-9-10-11-12-13-14-15-16-17-18-19-20-21-55-48(52)63-43-34(53-3)23-30(24-35(43)54-4)38-32-25-36-45(59-28-58-36)42(33(32)22-31-26-57-46(51)39(31)38)62-47-41(50)40(49)44-37(61-47)27-56-29(2)60-44/h9-10,12-13,23-25,29,31,37-41,44,47,49-50H,5-8,11,14-22,26-28H2,1-4H3/b10-9-,13-12-/t29-,31+,37-,38-,39?,40-,41-,44?,47+/m1/s1. The maximum Gasteiger partial charge on any atom is 0.514 e. The van der Waals surface area contributed by atoms with Gasteiger partial charge in [-0.3, -0.25) is 4.79 Å². The Morgan fingerprint density at radius 3 is 2.27 bits per heavy atom. The number of methoxy groups -OCH3 is 2. The summed E-state index contributed by atoms with van der Waals surface area (Å²) in [5.41, 5.74) is 1.98. The Bertz CT molecular complexity index is 1880. The summed E-state index contributed by atoms with van der Waals surface area (Å²) in [7, 11) is 2.90. The fraction of sp³-hybridized carbons (Fsp3) is 0.625. The molecule has 2 N–H and O–H groups in total. The van der Waals surface area contributed by atoms with Crippen LogP contribution in [0.2, 0.25) is 0 Å². The van der Waals surface area contributed by atoms with Crippen LogP contribution in [0.4, 0.5) is 4.79 Å². The lowest BCUT2D eigenvalue weighted by Crippen LogP contribution is -2.63. The highest BCUT2D eigenvalue weighted by molar-refractivity contribution is 5.79. The molecule has 2 unspecified atom stereocenters. The predicted octanol–water partition coefficient (Wildman–Crippen LogP) is 7.83. The van der Waals surface area contributed by atoms with E-state index in [9.17, 15) is 19.8 Å². The highest BCUT2D eigenvalue weighted by atomic mass is 16.8. The van der Waals surface area contributed by atoms with E-state index in [1.807, 2.05) is 6.07 Å². The molecule has 3 fully saturated rings. The van der Waals surface area contributed by atoms with Gasteiger partial charge in [0.25, 0.3) is 0 Å². The first-order chi connectivity index (χ1) is 30.7. The van der Waals surface area contributed by atoms with Crippen LogP contribution in [-0.2, 0) is 34.9 Å². The topological polar surface area (TPSA) is 176 Å². The molecule has 0 radical (unpaired) electrons. The number of allylic oxidation sites excluding steroid dienone is 4. The number of aliphatic hydroxyl groups excluding tert-OH is 2. The van der Waals surface area contributed by atoms with Gasteiger partial charge in [-0.05, 0) is 81.2 Å². The van der Waals surface area contributed by atoms with Crippen LogP contribution in [0.25, 0.3) is 0 Å². The highest BCUT2D eigenvalue weighted by Gasteiger charge is 2.52. The fourth-order valence-corrected chi connectivity index (χ4v) is 9.15. The Hall–Kier alpha value is -4.54. The summed E-state index contributed by atoms with van der Waals surface area (Å²) in [5, 5.41) is 22.3. The monoisotopic (exact) mass is 880 g/mol. The molecule has 4 aliphatic heterocycles. The van der Waals surface area contributed by atoms with Gasteiger partial charge in [-0.2, -0.15) is 0 Å². The number of esters is 1. The zero-order chi connectivity index (χ0) is 44.3. The van der Waals surface area contributed by atoms with Gasteiger partial charge in [-0.25, -0.2) is 4.79 Å². The Morgan fingerprint density at radius 1 is 0.825 bits per heavy atom. The quantitative estimate of drug-likeness (QED) is 0.0537. The number of aliphatic hydroxyl groups is 2. The molecule has 346 valence electrons. The number of cyclic esters (lactones) is 1. The molecule has 0 spiro atoms. The van der Waals surface area contributed by atoms with Gasteiger partial charge in [-0.1, -0.05) is 69.8 Å². The first-order valence-corrected chi connectivity index (χ1v) is 22.7. The Morgan fingerprint density at radius 2 is 1.54 bits per heavy atom. The van der Waals surface area contributed by atoms with E-state index in [0.717, 1.165) is 32.1 Å². The third-order valence-electron chi connectivity index (χ3n) is 12.4. The van der Waals surface area contributed by atoms with Gasteiger partial charge in [0.15, 0.2) is 29.3 Å². The van der Waals surface area contributed by atoms with Crippen LogP contribution in [0.3, 0.4) is 0 Å². The summed E-state index contributed by atoms with van der Waals surface area (Å²) >= 11 is 0. The number of hydrogen-bond donors (Lipinski definition) is 2. The van der Waals surface area contributed by atoms with Gasteiger partial charge in [0.1, 0.15) is 24.4 Å². The lowest BCUT2D eigenvalue weighted by molar-refractivity contribution is -0.344. The van der Waals surface area contributed by atoms with Crippen LogP contribution >= 0.6 is 0 Å². The normalized spacial score (nSPS) is 27.1. The molecule has 2 aromatic rings. The molecule has 63 heavy (non-hydrogen) atoms. The molecule has 0 aromatic heterocycles. The van der Waals surface area contributed by atoms with Crippen molar-refractivity contribution in [1.29, 1.82) is 0 Å². The van der Waals surface area contributed by atoms with Crippen molar-refractivity contribution >= 4 is 12.1 Å². The average molecular weight is 881 g/mol. The van der Waals surface area contributed by atoms with E-state index >= 15 is 0 Å². The van der Waals surface area contributed by atoms with Crippen molar-refractivity contribution in [3.63, 3.8) is 0 Å². The smallest absolute Gasteiger partial charge is 0.493 e. The number of fused-ring (bicyclic) bond motifs is 4. The minimum Gasteiger partial charge on any atom is -0.493 e. The number of ether oxygens (including phenoxy) is 11. The van der Waals surface area contributed by atoms with Crippen molar-refractivity contribution in [2.75, 3.05) is 40.8 Å². The number of unbranched alkanes of at least 4 members (excludes halogenated alkanes) is 9. The van der Waals surface area contributed by atoms with Crippen molar-refractivity contribution in [3.05, 3.63) is 59.2 Å².